The molecule has 0 saturated carbocycles. The fourth-order valence-electron chi connectivity index (χ4n) is 3.53. The number of benzene rings is 1. The maximum Gasteiger partial charge on any atom is 0.253 e. The summed E-state index contributed by atoms with van der Waals surface area (Å²) in [5.41, 5.74) is 1.75. The standard InChI is InChI=1S/C20H30ClN3O3/c1-3-23-8-10-24(11-9-23)19-7-6-16(21)13-18(19)22-20(25)15(2)27-14-17-5-4-12-26-17/h6-7,13,15,17H,3-5,8-12,14H2,1-2H3,(H,22,25). The molecule has 2 saturated heterocycles. The van der Waals surface area contributed by atoms with Crippen molar-refractivity contribution >= 4 is 28.9 Å². The van der Waals surface area contributed by atoms with Crippen LogP contribution in [0.3, 0.4) is 0 Å². The molecule has 2 fully saturated rings. The number of hydrogen-bond donors (Lipinski definition) is 1. The molecule has 0 aliphatic carbocycles. The van der Waals surface area contributed by atoms with E-state index in [9.17, 15) is 4.79 Å². The van der Waals surface area contributed by atoms with Gasteiger partial charge in [0.25, 0.3) is 5.91 Å². The van der Waals surface area contributed by atoms with E-state index >= 15 is 0 Å². The van der Waals surface area contributed by atoms with Gasteiger partial charge in [-0.3, -0.25) is 4.79 Å². The summed E-state index contributed by atoms with van der Waals surface area (Å²) in [6.07, 6.45) is 1.62. The van der Waals surface area contributed by atoms with Gasteiger partial charge in [-0.15, -0.1) is 0 Å². The van der Waals surface area contributed by atoms with Gasteiger partial charge in [0.2, 0.25) is 0 Å². The number of nitrogens with one attached hydrogen (secondary N) is 1. The summed E-state index contributed by atoms with van der Waals surface area (Å²) in [6.45, 7) is 10.2. The summed E-state index contributed by atoms with van der Waals surface area (Å²) in [6, 6.07) is 5.67. The van der Waals surface area contributed by atoms with E-state index in [0.717, 1.165) is 63.5 Å². The van der Waals surface area contributed by atoms with Gasteiger partial charge >= 0.3 is 0 Å². The van der Waals surface area contributed by atoms with Gasteiger partial charge in [-0.2, -0.15) is 0 Å². The molecular formula is C20H30ClN3O3. The summed E-state index contributed by atoms with van der Waals surface area (Å²) in [5, 5.41) is 3.61. The third-order valence-electron chi connectivity index (χ3n) is 5.30. The van der Waals surface area contributed by atoms with Crippen LogP contribution in [0.4, 0.5) is 11.4 Å². The van der Waals surface area contributed by atoms with Crippen LogP contribution >= 0.6 is 11.6 Å². The number of hydrogen-bond acceptors (Lipinski definition) is 5. The minimum absolute atomic E-state index is 0.108. The molecule has 1 amide bonds. The van der Waals surface area contributed by atoms with E-state index in [1.54, 1.807) is 6.92 Å². The smallest absolute Gasteiger partial charge is 0.253 e. The zero-order chi connectivity index (χ0) is 19.2. The number of halogens is 1. The van der Waals surface area contributed by atoms with E-state index < -0.39 is 6.10 Å². The number of nitrogens with zero attached hydrogens (tertiary/aromatic N) is 2. The van der Waals surface area contributed by atoms with Gasteiger partial charge in [0.15, 0.2) is 0 Å². The van der Waals surface area contributed by atoms with Crippen LogP contribution in [0, 0.1) is 0 Å². The molecule has 27 heavy (non-hydrogen) atoms. The highest BCUT2D eigenvalue weighted by Gasteiger charge is 2.23. The molecule has 7 heteroatoms. The molecular weight excluding hydrogens is 366 g/mol. The molecule has 3 rings (SSSR count). The second-order valence-corrected chi connectivity index (χ2v) is 7.62. The molecule has 1 aromatic carbocycles. The van der Waals surface area contributed by atoms with Crippen molar-refractivity contribution in [3.63, 3.8) is 0 Å². The van der Waals surface area contributed by atoms with Gasteiger partial charge in [0.05, 0.1) is 24.1 Å². The number of carbonyl (C=O) groups is 1. The van der Waals surface area contributed by atoms with Gasteiger partial charge in [-0.05, 0) is 44.5 Å². The number of piperazine rings is 1. The highest BCUT2D eigenvalue weighted by molar-refractivity contribution is 6.31. The summed E-state index contributed by atoms with van der Waals surface area (Å²) in [4.78, 5) is 17.3. The summed E-state index contributed by atoms with van der Waals surface area (Å²) < 4.78 is 11.3. The van der Waals surface area contributed by atoms with Crippen molar-refractivity contribution in [2.24, 2.45) is 0 Å². The van der Waals surface area contributed by atoms with Crippen molar-refractivity contribution in [3.05, 3.63) is 23.2 Å². The van der Waals surface area contributed by atoms with Crippen LogP contribution in [0.1, 0.15) is 26.7 Å². The van der Waals surface area contributed by atoms with Crippen LogP contribution in [0.5, 0.6) is 0 Å². The first-order valence-corrected chi connectivity index (χ1v) is 10.3. The number of rotatable bonds is 7. The predicted octanol–water partition coefficient (Wildman–Crippen LogP) is 3.00. The molecule has 0 bridgehead atoms. The number of carbonyl (C=O) groups excluding carboxylic acids is 1. The van der Waals surface area contributed by atoms with Crippen molar-refractivity contribution in [2.45, 2.75) is 38.9 Å². The first-order valence-electron chi connectivity index (χ1n) is 9.87. The lowest BCUT2D eigenvalue weighted by molar-refractivity contribution is -0.128. The first kappa shape index (κ1) is 20.4. The molecule has 0 aromatic heterocycles. The van der Waals surface area contributed by atoms with Crippen LogP contribution in [0.25, 0.3) is 0 Å². The summed E-state index contributed by atoms with van der Waals surface area (Å²) in [5.74, 6) is -0.163. The quantitative estimate of drug-likeness (QED) is 0.769. The van der Waals surface area contributed by atoms with E-state index in [1.807, 2.05) is 18.2 Å². The largest absolute Gasteiger partial charge is 0.376 e. The lowest BCUT2D eigenvalue weighted by atomic mass is 10.2. The Morgan fingerprint density at radius 2 is 2.15 bits per heavy atom. The second-order valence-electron chi connectivity index (χ2n) is 7.18. The monoisotopic (exact) mass is 395 g/mol. The summed E-state index contributed by atoms with van der Waals surface area (Å²) >= 11 is 6.19. The van der Waals surface area contributed by atoms with E-state index in [0.29, 0.717) is 11.6 Å². The maximum absolute atomic E-state index is 12.6. The average Bonchev–Trinajstić information content (AvgIpc) is 3.20. The van der Waals surface area contributed by atoms with E-state index in [2.05, 4.69) is 22.0 Å². The van der Waals surface area contributed by atoms with Gasteiger partial charge < -0.3 is 24.6 Å². The minimum atomic E-state index is -0.544. The third kappa shape index (κ3) is 5.57. The second kappa shape index (κ2) is 9.73. The summed E-state index contributed by atoms with van der Waals surface area (Å²) in [7, 11) is 0. The zero-order valence-electron chi connectivity index (χ0n) is 16.2. The SMILES string of the molecule is CCN1CCN(c2ccc(Cl)cc2NC(=O)C(C)OCC2CCCO2)CC1. The van der Waals surface area contributed by atoms with Gasteiger partial charge in [0.1, 0.15) is 6.10 Å². The fraction of sp³-hybridized carbons (Fsp3) is 0.650. The normalized spacial score (nSPS) is 22.0. The lowest BCUT2D eigenvalue weighted by Gasteiger charge is -2.36. The molecule has 2 atom stereocenters. The Morgan fingerprint density at radius 1 is 1.37 bits per heavy atom. The van der Waals surface area contributed by atoms with Gasteiger partial charge in [0, 0.05) is 37.8 Å². The van der Waals surface area contributed by atoms with Crippen molar-refractivity contribution in [1.82, 2.24) is 4.90 Å². The Kier molecular flexibility index (Phi) is 7.35. The molecule has 2 aliphatic heterocycles. The molecule has 1 N–H and O–H groups in total. The van der Waals surface area contributed by atoms with Crippen LogP contribution < -0.4 is 10.2 Å². The van der Waals surface area contributed by atoms with E-state index in [1.165, 1.54) is 0 Å². The van der Waals surface area contributed by atoms with Crippen molar-refractivity contribution in [3.8, 4) is 0 Å². The molecule has 150 valence electrons. The number of anilines is 2. The van der Waals surface area contributed by atoms with Gasteiger partial charge in [-0.25, -0.2) is 0 Å². The highest BCUT2D eigenvalue weighted by Crippen LogP contribution is 2.30. The maximum atomic E-state index is 12.6. The Hall–Kier alpha value is -1.34. The molecule has 2 unspecified atom stereocenters. The van der Waals surface area contributed by atoms with Crippen LogP contribution in [0.2, 0.25) is 5.02 Å². The molecule has 0 spiro atoms. The van der Waals surface area contributed by atoms with Crippen molar-refractivity contribution in [1.29, 1.82) is 0 Å². The fourth-order valence-corrected chi connectivity index (χ4v) is 3.70. The van der Waals surface area contributed by atoms with Crippen LogP contribution in [-0.2, 0) is 14.3 Å². The molecule has 2 heterocycles. The topological polar surface area (TPSA) is 54.0 Å². The molecule has 0 radical (unpaired) electrons. The van der Waals surface area contributed by atoms with Crippen LogP contribution in [-0.4, -0.2) is 69.0 Å². The number of likely N-dealkylation sites (N-methyl/N-ethyl adjacent to an activating group) is 1. The van der Waals surface area contributed by atoms with E-state index in [4.69, 9.17) is 21.1 Å². The Labute approximate surface area is 166 Å². The number of ether oxygens (including phenoxy) is 2. The Morgan fingerprint density at radius 3 is 2.81 bits per heavy atom. The third-order valence-corrected chi connectivity index (χ3v) is 5.54. The molecule has 2 aliphatic rings. The van der Waals surface area contributed by atoms with Crippen molar-refractivity contribution in [2.75, 3.05) is 56.2 Å². The lowest BCUT2D eigenvalue weighted by Crippen LogP contribution is -2.46. The molecule has 1 aromatic rings. The zero-order valence-corrected chi connectivity index (χ0v) is 17.0. The minimum Gasteiger partial charge on any atom is -0.376 e. The Balaban J connectivity index is 1.61. The number of amides is 1. The average molecular weight is 396 g/mol. The highest BCUT2D eigenvalue weighted by atomic mass is 35.5. The molecule has 6 nitrogen and oxygen atoms in total. The van der Waals surface area contributed by atoms with E-state index in [-0.39, 0.29) is 12.0 Å². The predicted molar refractivity (Wildman–Crippen MR) is 109 cm³/mol. The van der Waals surface area contributed by atoms with Gasteiger partial charge in [-0.1, -0.05) is 18.5 Å². The first-order chi connectivity index (χ1) is 13.1. The van der Waals surface area contributed by atoms with Crippen LogP contribution in [0.15, 0.2) is 18.2 Å². The van der Waals surface area contributed by atoms with Crippen molar-refractivity contribution < 1.29 is 14.3 Å². The Bertz CT molecular complexity index is 629.